The van der Waals surface area contributed by atoms with E-state index in [9.17, 15) is 0 Å². The summed E-state index contributed by atoms with van der Waals surface area (Å²) in [4.78, 5) is 0. The van der Waals surface area contributed by atoms with Crippen molar-refractivity contribution >= 4 is 23.1 Å². The molecule has 0 radical (unpaired) electrons. The summed E-state index contributed by atoms with van der Waals surface area (Å²) in [5.41, 5.74) is 2.89. The van der Waals surface area contributed by atoms with Gasteiger partial charge >= 0.3 is 41.9 Å². The van der Waals surface area contributed by atoms with Gasteiger partial charge in [-0.15, -0.1) is 11.6 Å². The molecule has 5 rings (SSSR count). The van der Waals surface area contributed by atoms with Crippen molar-refractivity contribution in [1.82, 2.24) is 0 Å². The molecule has 0 N–H and O–H groups in total. The van der Waals surface area contributed by atoms with Crippen LogP contribution >= 0.6 is 0 Å². The molecule has 0 spiro atoms. The number of benzene rings is 1. The molecule has 0 aromatic heterocycles. The Hall–Kier alpha value is 1.15. The first-order valence-corrected chi connectivity index (χ1v) is 8.01. The minimum absolute atomic E-state index is 0. The standard InChI is InChI=1S/C19H25O.BrH.ClH.Li.Mg/c1-17-8-14-9-18(2,11-17)13-19(10-14,12-17)15-6-4-5-7-16(15)20-3;;;;/h5-7,14H,8-13H2,1-3H3;2*1H;;/q-1;;;+1;+2/p-2. The maximum Gasteiger partial charge on any atom is 2.00 e. The second-order valence-electron chi connectivity index (χ2n) is 8.54. The van der Waals surface area contributed by atoms with E-state index in [0.717, 1.165) is 11.7 Å². The van der Waals surface area contributed by atoms with Crippen LogP contribution in [0, 0.1) is 22.8 Å². The van der Waals surface area contributed by atoms with Gasteiger partial charge in [-0.3, -0.25) is 0 Å². The van der Waals surface area contributed by atoms with Gasteiger partial charge in [0.1, 0.15) is 0 Å². The molecule has 0 amide bonds. The van der Waals surface area contributed by atoms with Gasteiger partial charge in [0.05, 0.1) is 7.11 Å². The average Bonchev–Trinajstić information content (AvgIpc) is 2.34. The van der Waals surface area contributed by atoms with Crippen LogP contribution in [-0.2, 0) is 5.41 Å². The molecule has 1 aromatic carbocycles. The van der Waals surface area contributed by atoms with Crippen molar-refractivity contribution in [3.05, 3.63) is 29.8 Å². The van der Waals surface area contributed by atoms with Gasteiger partial charge in [0, 0.05) is 5.75 Å². The van der Waals surface area contributed by atoms with Crippen molar-refractivity contribution < 1.29 is 53.0 Å². The van der Waals surface area contributed by atoms with E-state index in [0.29, 0.717) is 16.2 Å². The molecule has 4 bridgehead atoms. The number of hydrogen-bond donors (Lipinski definition) is 0. The molecule has 24 heavy (non-hydrogen) atoms. The van der Waals surface area contributed by atoms with E-state index in [2.05, 4.69) is 32.0 Å². The molecule has 4 aliphatic carbocycles. The number of hydrogen-bond acceptors (Lipinski definition) is 1. The summed E-state index contributed by atoms with van der Waals surface area (Å²) in [6.45, 7) is 5.06. The van der Waals surface area contributed by atoms with Gasteiger partial charge < -0.3 is 34.1 Å². The minimum Gasteiger partial charge on any atom is -1.00 e. The summed E-state index contributed by atoms with van der Waals surface area (Å²) in [6, 6.07) is 9.59. The van der Waals surface area contributed by atoms with E-state index in [1.165, 1.54) is 44.1 Å². The van der Waals surface area contributed by atoms with Gasteiger partial charge in [0.2, 0.25) is 0 Å². The Balaban J connectivity index is 0.00000132. The maximum absolute atomic E-state index is 5.68. The van der Waals surface area contributed by atoms with E-state index in [-0.39, 0.29) is 71.3 Å². The number of halogens is 2. The van der Waals surface area contributed by atoms with Crippen LogP contribution in [0.5, 0.6) is 5.75 Å². The molecule has 4 fully saturated rings. The normalized spacial score (nSPS) is 38.0. The van der Waals surface area contributed by atoms with Crippen LogP contribution in [0.4, 0.5) is 0 Å². The number of ether oxygens (including phenoxy) is 1. The van der Waals surface area contributed by atoms with Gasteiger partial charge in [0.15, 0.2) is 0 Å². The fraction of sp³-hybridized carbons (Fsp3) is 0.684. The third-order valence-corrected chi connectivity index (χ3v) is 6.24. The summed E-state index contributed by atoms with van der Waals surface area (Å²) >= 11 is 0. The largest absolute Gasteiger partial charge is 2.00 e. The first-order valence-electron chi connectivity index (χ1n) is 8.01. The molecule has 124 valence electrons. The van der Waals surface area contributed by atoms with Gasteiger partial charge in [-0.25, -0.2) is 0 Å². The van der Waals surface area contributed by atoms with Gasteiger partial charge in [-0.05, 0) is 54.3 Å². The van der Waals surface area contributed by atoms with Gasteiger partial charge in [-0.2, -0.15) is 18.2 Å². The van der Waals surface area contributed by atoms with Crippen molar-refractivity contribution in [2.45, 2.75) is 57.8 Å². The quantitative estimate of drug-likeness (QED) is 0.349. The number of methoxy groups -OCH3 is 1. The Morgan fingerprint density at radius 1 is 1.08 bits per heavy atom. The van der Waals surface area contributed by atoms with E-state index < -0.39 is 0 Å². The van der Waals surface area contributed by atoms with Gasteiger partial charge in [0.25, 0.3) is 0 Å². The summed E-state index contributed by atoms with van der Waals surface area (Å²) in [5.74, 6) is 2.00. The zero-order valence-electron chi connectivity index (χ0n) is 15.4. The summed E-state index contributed by atoms with van der Waals surface area (Å²) in [5, 5.41) is 0. The van der Waals surface area contributed by atoms with Crippen molar-refractivity contribution in [2.24, 2.45) is 16.7 Å². The molecule has 0 aliphatic heterocycles. The molecule has 5 heteroatoms. The van der Waals surface area contributed by atoms with Crippen LogP contribution in [0.2, 0.25) is 0 Å². The topological polar surface area (TPSA) is 9.23 Å². The molecule has 2 unspecified atom stereocenters. The summed E-state index contributed by atoms with van der Waals surface area (Å²) < 4.78 is 5.68. The van der Waals surface area contributed by atoms with Crippen LogP contribution in [-0.4, -0.2) is 30.2 Å². The summed E-state index contributed by atoms with van der Waals surface area (Å²) in [6.07, 6.45) is 8.39. The van der Waals surface area contributed by atoms with Crippen LogP contribution < -0.4 is 53.0 Å². The predicted octanol–water partition coefficient (Wildman–Crippen LogP) is -4.63. The van der Waals surface area contributed by atoms with Crippen LogP contribution in [0.15, 0.2) is 18.2 Å². The Morgan fingerprint density at radius 2 is 1.67 bits per heavy atom. The van der Waals surface area contributed by atoms with E-state index in [4.69, 9.17) is 4.74 Å². The second kappa shape index (κ2) is 8.45. The van der Waals surface area contributed by atoms with E-state index in [1.54, 1.807) is 0 Å². The SMILES string of the molecule is COc1cc[c-]cc1C12CC3CC(C)(CC(C)(C3)C1)C2.[Br-].[Cl-].[Li+].[Mg+2]. The van der Waals surface area contributed by atoms with E-state index in [1.807, 2.05) is 13.2 Å². The van der Waals surface area contributed by atoms with E-state index >= 15 is 0 Å². The fourth-order valence-corrected chi connectivity index (χ4v) is 6.76. The van der Waals surface area contributed by atoms with Crippen molar-refractivity contribution in [2.75, 3.05) is 7.11 Å². The van der Waals surface area contributed by atoms with Crippen molar-refractivity contribution in [3.63, 3.8) is 0 Å². The first kappa shape index (κ1) is 25.2. The second-order valence-corrected chi connectivity index (χ2v) is 8.54. The average molecular weight is 416 g/mol. The van der Waals surface area contributed by atoms with Crippen LogP contribution in [0.1, 0.15) is 57.9 Å². The molecular formula is C19H25BrClLiMgO. The van der Waals surface area contributed by atoms with Crippen molar-refractivity contribution in [1.29, 1.82) is 0 Å². The van der Waals surface area contributed by atoms with Crippen LogP contribution in [0.3, 0.4) is 0 Å². The maximum atomic E-state index is 5.68. The minimum atomic E-state index is 0. The molecule has 4 saturated carbocycles. The molecule has 4 aliphatic rings. The number of rotatable bonds is 2. The Bertz CT molecular complexity index is 552. The molecule has 0 heterocycles. The molecule has 0 saturated heterocycles. The zero-order valence-corrected chi connectivity index (χ0v) is 19.2. The first-order chi connectivity index (χ1) is 9.46. The molecule has 2 atom stereocenters. The Kier molecular flexibility index (Phi) is 8.85. The van der Waals surface area contributed by atoms with Crippen molar-refractivity contribution in [3.8, 4) is 5.75 Å². The third kappa shape index (κ3) is 4.02. The Labute approximate surface area is 192 Å². The zero-order chi connectivity index (χ0) is 14.0. The van der Waals surface area contributed by atoms with Crippen LogP contribution in [0.25, 0.3) is 0 Å². The van der Waals surface area contributed by atoms with Gasteiger partial charge in [-0.1, -0.05) is 20.3 Å². The smallest absolute Gasteiger partial charge is 1.00 e. The Morgan fingerprint density at radius 3 is 2.17 bits per heavy atom. The molecule has 1 nitrogen and oxygen atoms in total. The third-order valence-electron chi connectivity index (χ3n) is 6.24. The summed E-state index contributed by atoms with van der Waals surface area (Å²) in [7, 11) is 1.81. The predicted molar refractivity (Wildman–Crippen MR) is 86.7 cm³/mol. The molecule has 1 aromatic rings. The fourth-order valence-electron chi connectivity index (χ4n) is 6.76. The molecular weight excluding hydrogens is 391 g/mol. The monoisotopic (exact) mass is 414 g/mol.